The molecule has 0 atom stereocenters. The predicted octanol–water partition coefficient (Wildman–Crippen LogP) is 4.18. The first-order valence-corrected chi connectivity index (χ1v) is 6.86. The molecule has 0 unspecified atom stereocenters. The number of carbonyl (C=O) groups excluding carboxylic acids is 1. The van der Waals surface area contributed by atoms with Crippen molar-refractivity contribution in [3.63, 3.8) is 0 Å². The molecule has 0 saturated heterocycles. The van der Waals surface area contributed by atoms with E-state index in [1.54, 1.807) is 18.2 Å². The summed E-state index contributed by atoms with van der Waals surface area (Å²) in [5.41, 5.74) is 1.23. The molecule has 0 aromatic heterocycles. The number of rotatable bonds is 2. The number of benzene rings is 2. The van der Waals surface area contributed by atoms with Crippen LogP contribution >= 0.6 is 0 Å². The molecule has 0 saturated carbocycles. The van der Waals surface area contributed by atoms with Gasteiger partial charge in [0, 0.05) is 10.9 Å². The van der Waals surface area contributed by atoms with Gasteiger partial charge in [0.2, 0.25) is 0 Å². The fraction of sp³-hybridized carbons (Fsp3) is 0.235. The third-order valence-electron chi connectivity index (χ3n) is 3.11. The number of ether oxygens (including phenoxy) is 1. The monoisotopic (exact) mass is 270 g/mol. The number of phenols is 1. The molecule has 1 aliphatic carbocycles. The second-order valence-electron chi connectivity index (χ2n) is 4.17. The summed E-state index contributed by atoms with van der Waals surface area (Å²) in [7, 11) is 0. The Bertz CT molecular complexity index is 684. The molecule has 0 aliphatic heterocycles. The Hall–Kier alpha value is -2.29. The van der Waals surface area contributed by atoms with E-state index in [0.717, 1.165) is 22.1 Å². The first-order chi connectivity index (χ1) is 9.72. The summed E-state index contributed by atoms with van der Waals surface area (Å²) < 4.78 is 5.56. The number of aromatic hydroxyl groups is 1. The Labute approximate surface area is 118 Å². The van der Waals surface area contributed by atoms with Gasteiger partial charge in [-0.3, -0.25) is 4.79 Å². The van der Waals surface area contributed by atoms with Crippen LogP contribution < -0.4 is 4.74 Å². The van der Waals surface area contributed by atoms with E-state index < -0.39 is 0 Å². The van der Waals surface area contributed by atoms with Crippen molar-refractivity contribution in [3.8, 4) is 11.5 Å². The summed E-state index contributed by atoms with van der Waals surface area (Å²) in [5, 5.41) is 11.6. The Balaban J connectivity index is 0.000000704. The lowest BCUT2D eigenvalue weighted by Crippen LogP contribution is -2.04. The standard InChI is InChI=1S/C15H12O3.C2H6/c1-2-18-13-8-4-9-3-6-11(16)15-12(17)7-5-10(13)14(9)15;1-2/h3-8,16H,2H2,1H3;1-2H3. The lowest BCUT2D eigenvalue weighted by Gasteiger charge is -2.16. The quantitative estimate of drug-likeness (QED) is 0.890. The SMILES string of the molecule is CC.CCOc1ccc2ccc(O)c3c2c1C=CC3=O. The van der Waals surface area contributed by atoms with Crippen molar-refractivity contribution in [3.05, 3.63) is 41.5 Å². The Morgan fingerprint density at radius 2 is 1.80 bits per heavy atom. The van der Waals surface area contributed by atoms with Crippen LogP contribution in [0.1, 0.15) is 36.7 Å². The number of phenolic OH excluding ortho intramolecular Hbond substituents is 1. The van der Waals surface area contributed by atoms with Crippen LogP contribution in [0.3, 0.4) is 0 Å². The van der Waals surface area contributed by atoms with E-state index >= 15 is 0 Å². The third kappa shape index (κ3) is 2.16. The molecule has 2 aromatic rings. The molecule has 0 amide bonds. The Morgan fingerprint density at radius 1 is 1.10 bits per heavy atom. The van der Waals surface area contributed by atoms with Gasteiger partial charge in [-0.2, -0.15) is 0 Å². The number of ketones is 1. The van der Waals surface area contributed by atoms with Crippen molar-refractivity contribution < 1.29 is 14.6 Å². The van der Waals surface area contributed by atoms with Gasteiger partial charge in [-0.25, -0.2) is 0 Å². The highest BCUT2D eigenvalue weighted by Crippen LogP contribution is 2.38. The van der Waals surface area contributed by atoms with Crippen molar-refractivity contribution in [1.29, 1.82) is 0 Å². The molecule has 3 rings (SSSR count). The van der Waals surface area contributed by atoms with Gasteiger partial charge in [-0.1, -0.05) is 26.0 Å². The highest BCUT2D eigenvalue weighted by atomic mass is 16.5. The zero-order valence-electron chi connectivity index (χ0n) is 11.9. The van der Waals surface area contributed by atoms with E-state index in [9.17, 15) is 9.90 Å². The summed E-state index contributed by atoms with van der Waals surface area (Å²) >= 11 is 0. The highest BCUT2D eigenvalue weighted by molar-refractivity contribution is 6.22. The Kier molecular flexibility index (Phi) is 4.08. The first kappa shape index (κ1) is 14.1. The maximum Gasteiger partial charge on any atom is 0.190 e. The van der Waals surface area contributed by atoms with Crippen molar-refractivity contribution in [2.45, 2.75) is 20.8 Å². The molecular formula is C17H18O3. The van der Waals surface area contributed by atoms with E-state index in [4.69, 9.17) is 4.74 Å². The number of hydrogen-bond donors (Lipinski definition) is 1. The fourth-order valence-corrected chi connectivity index (χ4v) is 2.35. The van der Waals surface area contributed by atoms with Gasteiger partial charge in [0.15, 0.2) is 5.78 Å². The molecule has 3 nitrogen and oxygen atoms in total. The van der Waals surface area contributed by atoms with Crippen molar-refractivity contribution in [2.75, 3.05) is 6.61 Å². The smallest absolute Gasteiger partial charge is 0.190 e. The molecular weight excluding hydrogens is 252 g/mol. The van der Waals surface area contributed by atoms with E-state index in [1.165, 1.54) is 6.08 Å². The molecule has 1 aliphatic rings. The summed E-state index contributed by atoms with van der Waals surface area (Å²) in [6.45, 7) is 6.48. The number of carbonyl (C=O) groups is 1. The van der Waals surface area contributed by atoms with E-state index in [2.05, 4.69) is 0 Å². The summed E-state index contributed by atoms with van der Waals surface area (Å²) in [6, 6.07) is 7.15. The number of allylic oxidation sites excluding steroid dienone is 1. The van der Waals surface area contributed by atoms with Crippen LogP contribution in [0.25, 0.3) is 16.8 Å². The average molecular weight is 270 g/mol. The van der Waals surface area contributed by atoms with Gasteiger partial charge in [0.1, 0.15) is 11.5 Å². The lowest BCUT2D eigenvalue weighted by molar-refractivity contribution is 0.104. The van der Waals surface area contributed by atoms with Crippen LogP contribution in [0.5, 0.6) is 11.5 Å². The molecule has 20 heavy (non-hydrogen) atoms. The minimum atomic E-state index is -0.167. The maximum atomic E-state index is 11.9. The van der Waals surface area contributed by atoms with Gasteiger partial charge in [-0.05, 0) is 36.6 Å². The van der Waals surface area contributed by atoms with Gasteiger partial charge in [0.05, 0.1) is 12.2 Å². The van der Waals surface area contributed by atoms with Gasteiger partial charge in [-0.15, -0.1) is 0 Å². The largest absolute Gasteiger partial charge is 0.507 e. The predicted molar refractivity (Wildman–Crippen MR) is 81.5 cm³/mol. The molecule has 0 spiro atoms. The molecule has 104 valence electrons. The first-order valence-electron chi connectivity index (χ1n) is 6.86. The molecule has 0 fully saturated rings. The molecule has 0 heterocycles. The second-order valence-corrected chi connectivity index (χ2v) is 4.17. The van der Waals surface area contributed by atoms with Crippen LogP contribution in [-0.2, 0) is 0 Å². The van der Waals surface area contributed by atoms with E-state index in [-0.39, 0.29) is 11.5 Å². The van der Waals surface area contributed by atoms with Gasteiger partial charge >= 0.3 is 0 Å². The normalized spacial score (nSPS) is 12.1. The average Bonchev–Trinajstić information content (AvgIpc) is 2.48. The van der Waals surface area contributed by atoms with Crippen LogP contribution in [0, 0.1) is 0 Å². The highest BCUT2D eigenvalue weighted by Gasteiger charge is 2.21. The summed E-state index contributed by atoms with van der Waals surface area (Å²) in [4.78, 5) is 11.9. The van der Waals surface area contributed by atoms with Gasteiger partial charge in [0.25, 0.3) is 0 Å². The van der Waals surface area contributed by atoms with Crippen molar-refractivity contribution >= 4 is 22.6 Å². The van der Waals surface area contributed by atoms with Crippen LogP contribution in [0.2, 0.25) is 0 Å². The van der Waals surface area contributed by atoms with E-state index in [0.29, 0.717) is 12.2 Å². The van der Waals surface area contributed by atoms with Crippen molar-refractivity contribution in [2.24, 2.45) is 0 Å². The van der Waals surface area contributed by atoms with Gasteiger partial charge < -0.3 is 9.84 Å². The summed E-state index contributed by atoms with van der Waals surface area (Å²) in [5.74, 6) is 0.589. The molecule has 0 radical (unpaired) electrons. The Morgan fingerprint density at radius 3 is 2.50 bits per heavy atom. The van der Waals surface area contributed by atoms with Crippen molar-refractivity contribution in [1.82, 2.24) is 0 Å². The van der Waals surface area contributed by atoms with Crippen LogP contribution in [0.4, 0.5) is 0 Å². The summed E-state index contributed by atoms with van der Waals surface area (Å²) in [6.07, 6.45) is 3.22. The second kappa shape index (κ2) is 5.78. The zero-order valence-corrected chi connectivity index (χ0v) is 11.9. The zero-order chi connectivity index (χ0) is 14.7. The lowest BCUT2D eigenvalue weighted by atomic mass is 9.91. The molecule has 1 N–H and O–H groups in total. The molecule has 2 aromatic carbocycles. The topological polar surface area (TPSA) is 46.5 Å². The van der Waals surface area contributed by atoms with Crippen LogP contribution in [0.15, 0.2) is 30.3 Å². The van der Waals surface area contributed by atoms with Crippen LogP contribution in [-0.4, -0.2) is 17.5 Å². The fourth-order valence-electron chi connectivity index (χ4n) is 2.35. The molecule has 3 heteroatoms. The van der Waals surface area contributed by atoms with E-state index in [1.807, 2.05) is 32.9 Å². The maximum absolute atomic E-state index is 11.9. The minimum Gasteiger partial charge on any atom is -0.507 e. The number of hydrogen-bond acceptors (Lipinski definition) is 3. The minimum absolute atomic E-state index is 0.0201. The molecule has 0 bridgehead atoms. The third-order valence-corrected chi connectivity index (χ3v) is 3.11.